The molecule has 0 saturated heterocycles. The third-order valence-electron chi connectivity index (χ3n) is 19.9. The predicted octanol–water partition coefficient (Wildman–Crippen LogP) is 30.6. The van der Waals surface area contributed by atoms with E-state index in [0.717, 1.165) is 6.42 Å². The highest BCUT2D eigenvalue weighted by atomic mass is 32.1. The number of thiophene rings is 1. The molecule has 20 aromatic carbocycles. The van der Waals surface area contributed by atoms with Crippen molar-refractivity contribution in [3.05, 3.63) is 471 Å². The first-order valence-electron chi connectivity index (χ1n) is 37.2. The molecule has 0 aliphatic heterocycles. The predicted molar refractivity (Wildman–Crippen MR) is 473 cm³/mol. The lowest BCUT2D eigenvalue weighted by molar-refractivity contribution is 1.26. The molecule has 0 unspecified atom stereocenters. The van der Waals surface area contributed by atoms with Gasteiger partial charge >= 0.3 is 0 Å². The molecule has 108 heavy (non-hydrogen) atoms. The standard InChI is InChI=1S/C18H12.C18H14.2C14H10.C13H10.C12H8S.C10H8.C8H10/c1-2-8-14-13(7-1)15-9-3-4-11-17(15)18-12-6-5-10-16(14)18;1-3-8-15(9-4-1)17-12-7-13-18(14-17)16-10-5-2-6-11-16;1-3-7-13-11(5-1)9-10-12-6-2-4-8-14(12)13;1-2-6-12-10-14-8-4-3-7-13(14)9-11(12)5-1;1-3-7-12-10(5-1)9-11-6-2-4-8-13(11)12;1-3-7-11-9(5-1)10-6-2-4-8-12(10)13-11;1-2-6-10-8-4-3-7-9(10)5-1;1-7-3-5-8(2)6-4-7/h1-12H;1-14H;2*1-10H;1-8H,9H2;1-8H;1-8H;3-6H,1-2H3. The molecule has 1 aromatic heterocycles. The van der Waals surface area contributed by atoms with Gasteiger partial charge in [0.25, 0.3) is 0 Å². The summed E-state index contributed by atoms with van der Waals surface area (Å²) < 4.78 is 2.76. The van der Waals surface area contributed by atoms with Gasteiger partial charge in [-0.2, -0.15) is 0 Å². The lowest BCUT2D eigenvalue weighted by Gasteiger charge is -2.09. The molecule has 1 heterocycles. The lowest BCUT2D eigenvalue weighted by Crippen LogP contribution is -1.81. The number of rotatable bonds is 2. The van der Waals surface area contributed by atoms with Gasteiger partial charge in [-0.05, 0) is 181 Å². The normalized spacial score (nSPS) is 10.8. The van der Waals surface area contributed by atoms with Crippen molar-refractivity contribution in [2.75, 3.05) is 0 Å². The lowest BCUT2D eigenvalue weighted by atomic mass is 9.95. The van der Waals surface area contributed by atoms with Crippen LogP contribution in [-0.4, -0.2) is 0 Å². The van der Waals surface area contributed by atoms with E-state index in [1.165, 1.54) is 162 Å². The second kappa shape index (κ2) is 34.5. The number of fused-ring (bicyclic) bond motifs is 18. The Morgan fingerprint density at radius 2 is 0.417 bits per heavy atom. The first-order chi connectivity index (χ1) is 53.4. The van der Waals surface area contributed by atoms with Crippen LogP contribution in [0.25, 0.3) is 140 Å². The minimum Gasteiger partial charge on any atom is -0.135 e. The van der Waals surface area contributed by atoms with E-state index in [9.17, 15) is 0 Å². The summed E-state index contributed by atoms with van der Waals surface area (Å²) in [6.07, 6.45) is 1.10. The summed E-state index contributed by atoms with van der Waals surface area (Å²) in [4.78, 5) is 0. The zero-order chi connectivity index (χ0) is 73.1. The number of benzene rings is 20. The van der Waals surface area contributed by atoms with E-state index in [1.54, 1.807) is 0 Å². The molecule has 0 bridgehead atoms. The summed E-state index contributed by atoms with van der Waals surface area (Å²) in [5, 5.41) is 24.0. The third-order valence-corrected chi connectivity index (χ3v) is 21.0. The minimum absolute atomic E-state index is 1.10. The van der Waals surface area contributed by atoms with E-state index in [-0.39, 0.29) is 0 Å². The summed E-state index contributed by atoms with van der Waals surface area (Å²) in [7, 11) is 0. The van der Waals surface area contributed by atoms with Crippen molar-refractivity contribution < 1.29 is 0 Å². The molecular formula is C107H82S. The van der Waals surface area contributed by atoms with Crippen molar-refractivity contribution in [2.24, 2.45) is 0 Å². The van der Waals surface area contributed by atoms with Gasteiger partial charge in [0.2, 0.25) is 0 Å². The fraction of sp³-hybridized carbons (Fsp3) is 0.0280. The monoisotopic (exact) mass is 1400 g/mol. The smallest absolute Gasteiger partial charge is 0.0355 e. The quantitative estimate of drug-likeness (QED) is 0.120. The molecule has 0 N–H and O–H groups in total. The second-order valence-corrected chi connectivity index (χ2v) is 28.2. The van der Waals surface area contributed by atoms with E-state index >= 15 is 0 Å². The molecule has 0 saturated carbocycles. The van der Waals surface area contributed by atoms with Crippen molar-refractivity contribution >= 4 is 118 Å². The zero-order valence-electron chi connectivity index (χ0n) is 60.8. The fourth-order valence-electron chi connectivity index (χ4n) is 14.4. The van der Waals surface area contributed by atoms with Crippen LogP contribution in [0.5, 0.6) is 0 Å². The van der Waals surface area contributed by atoms with E-state index in [2.05, 4.69) is 451 Å². The number of aryl methyl sites for hydroxylation is 2. The molecule has 0 spiro atoms. The van der Waals surface area contributed by atoms with Crippen LogP contribution in [0.1, 0.15) is 22.3 Å². The van der Waals surface area contributed by atoms with Crippen molar-refractivity contribution in [2.45, 2.75) is 20.3 Å². The molecule has 1 heteroatoms. The van der Waals surface area contributed by atoms with Gasteiger partial charge in [0, 0.05) is 20.2 Å². The van der Waals surface area contributed by atoms with E-state index in [0.29, 0.717) is 0 Å². The van der Waals surface area contributed by atoms with Crippen LogP contribution < -0.4 is 0 Å². The number of hydrogen-bond acceptors (Lipinski definition) is 1. The molecular weight excluding hydrogens is 1320 g/mol. The van der Waals surface area contributed by atoms with Gasteiger partial charge in [0.05, 0.1) is 0 Å². The molecule has 0 fully saturated rings. The van der Waals surface area contributed by atoms with Crippen LogP contribution in [0.3, 0.4) is 0 Å². The highest BCUT2D eigenvalue weighted by Crippen LogP contribution is 2.38. The fourth-order valence-corrected chi connectivity index (χ4v) is 15.5. The first-order valence-corrected chi connectivity index (χ1v) is 38.0. The van der Waals surface area contributed by atoms with Gasteiger partial charge in [0.15, 0.2) is 0 Å². The van der Waals surface area contributed by atoms with Crippen LogP contribution in [0, 0.1) is 13.8 Å². The molecule has 21 aromatic rings. The molecule has 516 valence electrons. The molecule has 1 aliphatic carbocycles. The van der Waals surface area contributed by atoms with E-state index in [4.69, 9.17) is 0 Å². The van der Waals surface area contributed by atoms with Gasteiger partial charge in [-0.15, -0.1) is 11.3 Å². The van der Waals surface area contributed by atoms with E-state index in [1.807, 2.05) is 23.5 Å². The largest absolute Gasteiger partial charge is 0.135 e. The summed E-state index contributed by atoms with van der Waals surface area (Å²) in [5.41, 5.74) is 13.5. The van der Waals surface area contributed by atoms with Crippen molar-refractivity contribution in [1.82, 2.24) is 0 Å². The molecule has 22 rings (SSSR count). The first kappa shape index (κ1) is 70.4. The van der Waals surface area contributed by atoms with Crippen molar-refractivity contribution in [1.29, 1.82) is 0 Å². The van der Waals surface area contributed by atoms with Gasteiger partial charge in [-0.1, -0.05) is 430 Å². The average molecular weight is 1400 g/mol. The second-order valence-electron chi connectivity index (χ2n) is 27.1. The molecule has 0 radical (unpaired) electrons. The summed E-state index contributed by atoms with van der Waals surface area (Å²) >= 11 is 1.86. The highest BCUT2D eigenvalue weighted by molar-refractivity contribution is 7.25. The van der Waals surface area contributed by atoms with Gasteiger partial charge in [0.1, 0.15) is 0 Å². The molecule has 1 aliphatic rings. The molecule has 0 amide bonds. The van der Waals surface area contributed by atoms with Crippen molar-refractivity contribution in [3.8, 4) is 33.4 Å². The highest BCUT2D eigenvalue weighted by Gasteiger charge is 2.16. The Labute approximate surface area is 638 Å². The van der Waals surface area contributed by atoms with Gasteiger partial charge in [-0.25, -0.2) is 0 Å². The maximum Gasteiger partial charge on any atom is 0.0355 e. The van der Waals surface area contributed by atoms with Gasteiger partial charge in [-0.3, -0.25) is 0 Å². The Bertz CT molecular complexity index is 5920. The van der Waals surface area contributed by atoms with Crippen LogP contribution in [0.2, 0.25) is 0 Å². The Balaban J connectivity index is 0.0000000994. The van der Waals surface area contributed by atoms with Crippen LogP contribution in [0.4, 0.5) is 0 Å². The maximum atomic E-state index is 2.24. The van der Waals surface area contributed by atoms with Crippen LogP contribution in [-0.2, 0) is 6.42 Å². The summed E-state index contributed by atoms with van der Waals surface area (Å²) in [5.74, 6) is 0. The Kier molecular flexibility index (Phi) is 22.5. The minimum atomic E-state index is 1.10. The zero-order valence-corrected chi connectivity index (χ0v) is 61.7. The third kappa shape index (κ3) is 16.9. The SMILES string of the molecule is Cc1ccc(C)cc1.c1ccc(-c2cccc(-c3ccccc3)c2)cc1.c1ccc2c(c1)Cc1ccccc1-2.c1ccc2c(c1)c1ccccc1c1ccccc21.c1ccc2c(c1)ccc1ccccc12.c1ccc2c(c1)sc1ccccc12.c1ccc2cc3ccccc3cc2c1.c1ccc2ccccc2c1. The number of hydrogen-bond donors (Lipinski definition) is 0. The molecule has 0 atom stereocenters. The average Bonchev–Trinajstić information content (AvgIpc) is 1.12. The Hall–Kier alpha value is -13.3. The van der Waals surface area contributed by atoms with Crippen LogP contribution >= 0.6 is 11.3 Å². The van der Waals surface area contributed by atoms with Crippen LogP contribution in [0.15, 0.2) is 449 Å². The maximum absolute atomic E-state index is 2.24. The Morgan fingerprint density at radius 1 is 0.167 bits per heavy atom. The summed E-state index contributed by atoms with van der Waals surface area (Å²) in [6, 6.07) is 158. The summed E-state index contributed by atoms with van der Waals surface area (Å²) in [6.45, 7) is 4.19. The Morgan fingerprint density at radius 3 is 0.759 bits per heavy atom. The topological polar surface area (TPSA) is 0 Å². The van der Waals surface area contributed by atoms with Crippen molar-refractivity contribution in [3.63, 3.8) is 0 Å². The molecule has 0 nitrogen and oxygen atoms in total. The van der Waals surface area contributed by atoms with Gasteiger partial charge < -0.3 is 0 Å². The van der Waals surface area contributed by atoms with E-state index < -0.39 is 0 Å².